The third kappa shape index (κ3) is 3.62. The predicted octanol–water partition coefficient (Wildman–Crippen LogP) is 2.52. The number of nitrogens with one attached hydrogen (secondary N) is 1. The zero-order chi connectivity index (χ0) is 12.9. The molecule has 0 fully saturated rings. The smallest absolute Gasteiger partial charge is 0.231 e. The van der Waals surface area contributed by atoms with E-state index < -0.39 is 5.41 Å². The fourth-order valence-electron chi connectivity index (χ4n) is 1.76. The second-order valence-electron chi connectivity index (χ2n) is 4.19. The molecule has 0 radical (unpaired) electrons. The lowest BCUT2D eigenvalue weighted by Crippen LogP contribution is -2.41. The van der Waals surface area contributed by atoms with Gasteiger partial charge >= 0.3 is 0 Å². The number of hydrogen-bond acceptors (Lipinski definition) is 3. The molecule has 4 N–H and O–H groups in total. The average molecular weight is 273 g/mol. The van der Waals surface area contributed by atoms with Gasteiger partial charge in [-0.3, -0.25) is 4.79 Å². The van der Waals surface area contributed by atoms with Crippen LogP contribution in [-0.4, -0.2) is 17.6 Å². The molecule has 0 saturated carbocycles. The quantitative estimate of drug-likeness (QED) is 0.721. The minimum atomic E-state index is -0.502. The first-order valence-electron chi connectivity index (χ1n) is 5.88. The van der Waals surface area contributed by atoms with Gasteiger partial charge in [0.2, 0.25) is 5.91 Å². The predicted molar refractivity (Wildman–Crippen MR) is 76.1 cm³/mol. The first-order valence-corrected chi connectivity index (χ1v) is 5.88. The highest BCUT2D eigenvalue weighted by Gasteiger charge is 2.33. The molecule has 102 valence electrons. The zero-order valence-electron chi connectivity index (χ0n) is 10.8. The van der Waals surface area contributed by atoms with Crippen LogP contribution in [0.4, 0.5) is 5.69 Å². The third-order valence-corrected chi connectivity index (χ3v) is 3.35. The van der Waals surface area contributed by atoms with Crippen molar-refractivity contribution < 1.29 is 9.90 Å². The molecule has 1 amide bonds. The maximum atomic E-state index is 12.2. The van der Waals surface area contributed by atoms with Gasteiger partial charge in [-0.25, -0.2) is 0 Å². The maximum absolute atomic E-state index is 12.2. The van der Waals surface area contributed by atoms with Crippen LogP contribution in [0.25, 0.3) is 0 Å². The zero-order valence-corrected chi connectivity index (χ0v) is 11.6. The van der Waals surface area contributed by atoms with E-state index in [9.17, 15) is 4.79 Å². The molecule has 1 rings (SSSR count). The number of phenols is 1. The van der Waals surface area contributed by atoms with Gasteiger partial charge in [-0.1, -0.05) is 13.8 Å². The van der Waals surface area contributed by atoms with Crippen molar-refractivity contribution in [3.63, 3.8) is 0 Å². The number of aromatic hydroxyl groups is 1. The van der Waals surface area contributed by atoms with Crippen molar-refractivity contribution in [2.24, 2.45) is 11.1 Å². The normalized spacial score (nSPS) is 10.6. The number of hydrogen-bond donors (Lipinski definition) is 3. The number of benzene rings is 1. The minimum Gasteiger partial charge on any atom is -0.508 e. The van der Waals surface area contributed by atoms with Crippen molar-refractivity contribution in [1.29, 1.82) is 0 Å². The molecule has 0 aliphatic heterocycles. The Morgan fingerprint density at radius 2 is 1.78 bits per heavy atom. The fourth-order valence-corrected chi connectivity index (χ4v) is 1.76. The Balaban J connectivity index is 0.00000289. The summed E-state index contributed by atoms with van der Waals surface area (Å²) in [6.45, 7) is 4.27. The van der Waals surface area contributed by atoms with Gasteiger partial charge in [0.1, 0.15) is 5.75 Å². The average Bonchev–Trinajstić information content (AvgIpc) is 2.35. The summed E-state index contributed by atoms with van der Waals surface area (Å²) in [5.74, 6) is 0.120. The molecule has 0 heterocycles. The summed E-state index contributed by atoms with van der Waals surface area (Å²) >= 11 is 0. The van der Waals surface area contributed by atoms with Gasteiger partial charge in [0.15, 0.2) is 0 Å². The lowest BCUT2D eigenvalue weighted by molar-refractivity contribution is -0.125. The van der Waals surface area contributed by atoms with E-state index in [2.05, 4.69) is 5.32 Å². The van der Waals surface area contributed by atoms with E-state index in [1.807, 2.05) is 13.8 Å². The molecule has 0 aliphatic rings. The van der Waals surface area contributed by atoms with Gasteiger partial charge in [0, 0.05) is 12.2 Å². The summed E-state index contributed by atoms with van der Waals surface area (Å²) in [5.41, 5.74) is 5.88. The van der Waals surface area contributed by atoms with Crippen LogP contribution in [0.3, 0.4) is 0 Å². The van der Waals surface area contributed by atoms with Crippen LogP contribution in [0.15, 0.2) is 24.3 Å². The van der Waals surface area contributed by atoms with E-state index in [0.29, 0.717) is 25.1 Å². The number of carbonyl (C=O) groups is 1. The highest BCUT2D eigenvalue weighted by Crippen LogP contribution is 2.27. The van der Waals surface area contributed by atoms with Crippen LogP contribution in [0.2, 0.25) is 0 Å². The first-order chi connectivity index (χ1) is 8.07. The van der Waals surface area contributed by atoms with Crippen molar-refractivity contribution in [3.8, 4) is 5.75 Å². The first kappa shape index (κ1) is 16.7. The summed E-state index contributed by atoms with van der Waals surface area (Å²) in [6.07, 6.45) is 1.42. The second kappa shape index (κ2) is 7.24. The van der Waals surface area contributed by atoms with E-state index in [0.717, 1.165) is 0 Å². The summed E-state index contributed by atoms with van der Waals surface area (Å²) in [4.78, 5) is 12.2. The van der Waals surface area contributed by atoms with Gasteiger partial charge < -0.3 is 16.2 Å². The molecular formula is C13H21ClN2O2. The van der Waals surface area contributed by atoms with E-state index >= 15 is 0 Å². The Morgan fingerprint density at radius 1 is 1.28 bits per heavy atom. The van der Waals surface area contributed by atoms with E-state index in [1.54, 1.807) is 12.1 Å². The van der Waals surface area contributed by atoms with Crippen molar-refractivity contribution in [3.05, 3.63) is 24.3 Å². The summed E-state index contributed by atoms with van der Waals surface area (Å²) in [5, 5.41) is 12.0. The van der Waals surface area contributed by atoms with Crippen molar-refractivity contribution in [2.45, 2.75) is 26.7 Å². The number of anilines is 1. The number of carbonyl (C=O) groups excluding carboxylic acids is 1. The molecule has 18 heavy (non-hydrogen) atoms. The Bertz CT molecular complexity index is 367. The fraction of sp³-hybridized carbons (Fsp3) is 0.462. The molecule has 0 aromatic heterocycles. The topological polar surface area (TPSA) is 75.4 Å². The van der Waals surface area contributed by atoms with Gasteiger partial charge in [-0.2, -0.15) is 0 Å². The van der Waals surface area contributed by atoms with Gasteiger partial charge in [0.05, 0.1) is 5.41 Å². The second-order valence-corrected chi connectivity index (χ2v) is 4.19. The highest BCUT2D eigenvalue weighted by molar-refractivity contribution is 5.95. The number of rotatable bonds is 5. The van der Waals surface area contributed by atoms with Crippen LogP contribution in [-0.2, 0) is 4.79 Å². The largest absolute Gasteiger partial charge is 0.508 e. The van der Waals surface area contributed by atoms with Gasteiger partial charge in [0.25, 0.3) is 0 Å². The molecule has 1 aromatic rings. The molecule has 0 unspecified atom stereocenters. The van der Waals surface area contributed by atoms with Crippen LogP contribution in [0.5, 0.6) is 5.75 Å². The van der Waals surface area contributed by atoms with Crippen LogP contribution in [0.1, 0.15) is 26.7 Å². The van der Waals surface area contributed by atoms with E-state index in [-0.39, 0.29) is 24.1 Å². The number of nitrogens with two attached hydrogens (primary N) is 1. The molecule has 0 bridgehead atoms. The standard InChI is InChI=1S/C13H20N2O2.ClH/c1-3-13(4-2,9-14)12(17)15-10-5-7-11(16)8-6-10;/h5-8,16H,3-4,9,14H2,1-2H3,(H,15,17);1H. The Labute approximate surface area is 114 Å². The van der Waals surface area contributed by atoms with Crippen LogP contribution in [0, 0.1) is 5.41 Å². The lowest BCUT2D eigenvalue weighted by atomic mass is 9.81. The lowest BCUT2D eigenvalue weighted by Gasteiger charge is -2.28. The molecule has 0 spiro atoms. The van der Waals surface area contributed by atoms with Crippen molar-refractivity contribution in [1.82, 2.24) is 0 Å². The Hall–Kier alpha value is -1.26. The Kier molecular flexibility index (Phi) is 6.73. The van der Waals surface area contributed by atoms with Gasteiger partial charge in [-0.15, -0.1) is 12.4 Å². The van der Waals surface area contributed by atoms with E-state index in [4.69, 9.17) is 10.8 Å². The van der Waals surface area contributed by atoms with Gasteiger partial charge in [-0.05, 0) is 37.1 Å². The highest BCUT2D eigenvalue weighted by atomic mass is 35.5. The third-order valence-electron chi connectivity index (χ3n) is 3.35. The Morgan fingerprint density at radius 3 is 2.17 bits per heavy atom. The summed E-state index contributed by atoms with van der Waals surface area (Å²) in [7, 11) is 0. The molecule has 1 aromatic carbocycles. The van der Waals surface area contributed by atoms with Crippen molar-refractivity contribution in [2.75, 3.05) is 11.9 Å². The number of phenolic OH excluding ortho intramolecular Hbond substituents is 1. The summed E-state index contributed by atoms with van der Waals surface area (Å²) in [6, 6.07) is 6.41. The molecule has 4 nitrogen and oxygen atoms in total. The maximum Gasteiger partial charge on any atom is 0.231 e. The van der Waals surface area contributed by atoms with Crippen molar-refractivity contribution >= 4 is 24.0 Å². The number of halogens is 1. The summed E-state index contributed by atoms with van der Waals surface area (Å²) < 4.78 is 0. The minimum absolute atomic E-state index is 0. The molecular weight excluding hydrogens is 252 g/mol. The SMILES string of the molecule is CCC(CC)(CN)C(=O)Nc1ccc(O)cc1.Cl. The van der Waals surface area contributed by atoms with Crippen LogP contribution >= 0.6 is 12.4 Å². The monoisotopic (exact) mass is 272 g/mol. The van der Waals surface area contributed by atoms with E-state index in [1.165, 1.54) is 12.1 Å². The molecule has 0 aliphatic carbocycles. The van der Waals surface area contributed by atoms with Crippen LogP contribution < -0.4 is 11.1 Å². The molecule has 0 atom stereocenters. The molecule has 5 heteroatoms. The number of amides is 1. The molecule has 0 saturated heterocycles.